The second kappa shape index (κ2) is 6.06. The number of carboxylic acids is 1. The standard InChI is InChI=1S/C16H15N3O4S/c17-24(22,23)13-8-6-12(7-9-13)19-15(10-14(18-19)16(20)21)11-4-2-1-3-5-11/h1-9,15H,10H2,(H,20,21)(H2,17,22,23). The van der Waals surface area contributed by atoms with Crippen LogP contribution in [0.3, 0.4) is 0 Å². The molecule has 0 radical (unpaired) electrons. The minimum Gasteiger partial charge on any atom is -0.477 e. The molecule has 3 rings (SSSR count). The third-order valence-corrected chi connectivity index (χ3v) is 4.70. The smallest absolute Gasteiger partial charge is 0.352 e. The van der Waals surface area contributed by atoms with E-state index < -0.39 is 16.0 Å². The van der Waals surface area contributed by atoms with Gasteiger partial charge in [-0.2, -0.15) is 5.10 Å². The van der Waals surface area contributed by atoms with Crippen molar-refractivity contribution >= 4 is 27.4 Å². The minimum atomic E-state index is -3.78. The Morgan fingerprint density at radius 3 is 2.29 bits per heavy atom. The van der Waals surface area contributed by atoms with Gasteiger partial charge in [-0.1, -0.05) is 30.3 Å². The molecule has 0 saturated carbocycles. The number of benzene rings is 2. The first-order valence-electron chi connectivity index (χ1n) is 7.14. The molecule has 1 heterocycles. The summed E-state index contributed by atoms with van der Waals surface area (Å²) in [4.78, 5) is 11.3. The normalized spacial score (nSPS) is 17.6. The molecule has 1 aliphatic heterocycles. The van der Waals surface area contributed by atoms with Gasteiger partial charge in [0, 0.05) is 6.42 Å². The summed E-state index contributed by atoms with van der Waals surface area (Å²) in [6.07, 6.45) is 0.260. The zero-order chi connectivity index (χ0) is 17.3. The molecule has 1 unspecified atom stereocenters. The lowest BCUT2D eigenvalue weighted by Gasteiger charge is -2.24. The summed E-state index contributed by atoms with van der Waals surface area (Å²) in [6.45, 7) is 0. The lowest BCUT2D eigenvalue weighted by molar-refractivity contribution is -0.129. The maximum atomic E-state index is 11.4. The highest BCUT2D eigenvalue weighted by Gasteiger charge is 2.32. The summed E-state index contributed by atoms with van der Waals surface area (Å²) in [6, 6.07) is 15.0. The zero-order valence-electron chi connectivity index (χ0n) is 12.5. The molecule has 0 spiro atoms. The molecule has 0 aromatic heterocycles. The number of primary sulfonamides is 1. The van der Waals surface area contributed by atoms with Crippen LogP contribution in [-0.2, 0) is 14.8 Å². The number of sulfonamides is 1. The van der Waals surface area contributed by atoms with Crippen molar-refractivity contribution < 1.29 is 18.3 Å². The number of hydrogen-bond acceptors (Lipinski definition) is 5. The van der Waals surface area contributed by atoms with Crippen LogP contribution in [0.25, 0.3) is 0 Å². The second-order valence-electron chi connectivity index (χ2n) is 5.37. The fourth-order valence-electron chi connectivity index (χ4n) is 2.60. The molecule has 3 N–H and O–H groups in total. The van der Waals surface area contributed by atoms with Crippen LogP contribution >= 0.6 is 0 Å². The molecular formula is C16H15N3O4S. The molecule has 2 aromatic rings. The molecule has 2 aromatic carbocycles. The van der Waals surface area contributed by atoms with Crippen molar-refractivity contribution in [3.05, 3.63) is 60.2 Å². The molecule has 1 aliphatic rings. The van der Waals surface area contributed by atoms with Gasteiger partial charge in [-0.3, -0.25) is 5.01 Å². The Morgan fingerprint density at radius 2 is 1.75 bits per heavy atom. The van der Waals surface area contributed by atoms with Crippen LogP contribution in [0.4, 0.5) is 5.69 Å². The number of rotatable bonds is 4. The highest BCUT2D eigenvalue weighted by atomic mass is 32.2. The highest BCUT2D eigenvalue weighted by Crippen LogP contribution is 2.35. The van der Waals surface area contributed by atoms with Gasteiger partial charge in [0.15, 0.2) is 0 Å². The molecule has 0 saturated heterocycles. The fourth-order valence-corrected chi connectivity index (χ4v) is 3.12. The summed E-state index contributed by atoms with van der Waals surface area (Å²) in [5.41, 5.74) is 1.57. The van der Waals surface area contributed by atoms with E-state index in [1.54, 1.807) is 17.1 Å². The van der Waals surface area contributed by atoms with E-state index in [1.165, 1.54) is 12.1 Å². The van der Waals surface area contributed by atoms with E-state index in [2.05, 4.69) is 5.10 Å². The van der Waals surface area contributed by atoms with E-state index >= 15 is 0 Å². The molecule has 24 heavy (non-hydrogen) atoms. The van der Waals surface area contributed by atoms with Crippen molar-refractivity contribution in [2.75, 3.05) is 5.01 Å². The van der Waals surface area contributed by atoms with E-state index in [0.29, 0.717) is 5.69 Å². The molecule has 1 atom stereocenters. The largest absolute Gasteiger partial charge is 0.477 e. The van der Waals surface area contributed by atoms with Crippen LogP contribution < -0.4 is 10.1 Å². The Labute approximate surface area is 139 Å². The monoisotopic (exact) mass is 345 g/mol. The Morgan fingerprint density at radius 1 is 1.12 bits per heavy atom. The van der Waals surface area contributed by atoms with Gasteiger partial charge in [0.1, 0.15) is 5.71 Å². The lowest BCUT2D eigenvalue weighted by atomic mass is 10.0. The first-order valence-corrected chi connectivity index (χ1v) is 8.69. The summed E-state index contributed by atoms with van der Waals surface area (Å²) < 4.78 is 22.7. The van der Waals surface area contributed by atoms with Gasteiger partial charge in [-0.25, -0.2) is 18.4 Å². The van der Waals surface area contributed by atoms with Crippen molar-refractivity contribution in [2.45, 2.75) is 17.4 Å². The number of nitrogens with zero attached hydrogens (tertiary/aromatic N) is 2. The van der Waals surface area contributed by atoms with Gasteiger partial charge in [0.05, 0.1) is 16.6 Å². The van der Waals surface area contributed by atoms with Crippen LogP contribution in [-0.4, -0.2) is 25.2 Å². The fraction of sp³-hybridized carbons (Fsp3) is 0.125. The molecule has 7 nitrogen and oxygen atoms in total. The summed E-state index contributed by atoms with van der Waals surface area (Å²) in [7, 11) is -3.78. The number of carbonyl (C=O) groups is 1. The van der Waals surface area contributed by atoms with E-state index in [1.807, 2.05) is 30.3 Å². The number of nitrogens with two attached hydrogens (primary N) is 1. The molecule has 0 bridgehead atoms. The SMILES string of the molecule is NS(=O)(=O)c1ccc(N2N=C(C(=O)O)CC2c2ccccc2)cc1. The lowest BCUT2D eigenvalue weighted by Crippen LogP contribution is -2.19. The van der Waals surface area contributed by atoms with Crippen LogP contribution in [0, 0.1) is 0 Å². The van der Waals surface area contributed by atoms with E-state index in [4.69, 9.17) is 5.14 Å². The average Bonchev–Trinajstić information content (AvgIpc) is 3.00. The number of hydrogen-bond donors (Lipinski definition) is 2. The molecular weight excluding hydrogens is 330 g/mol. The van der Waals surface area contributed by atoms with Gasteiger partial charge in [-0.05, 0) is 29.8 Å². The topological polar surface area (TPSA) is 113 Å². The van der Waals surface area contributed by atoms with Gasteiger partial charge in [0.2, 0.25) is 10.0 Å². The Kier molecular flexibility index (Phi) is 4.08. The third kappa shape index (κ3) is 3.15. The Bertz CT molecular complexity index is 893. The van der Waals surface area contributed by atoms with Crippen LogP contribution in [0.1, 0.15) is 18.0 Å². The summed E-state index contributed by atoms with van der Waals surface area (Å²) in [5.74, 6) is -1.07. The first-order chi connectivity index (χ1) is 11.4. The Balaban J connectivity index is 2.00. The van der Waals surface area contributed by atoms with E-state index in [9.17, 15) is 18.3 Å². The summed E-state index contributed by atoms with van der Waals surface area (Å²) >= 11 is 0. The van der Waals surface area contributed by atoms with Crippen molar-refractivity contribution in [2.24, 2.45) is 10.2 Å². The van der Waals surface area contributed by atoms with Crippen LogP contribution in [0.15, 0.2) is 64.6 Å². The van der Waals surface area contributed by atoms with Crippen LogP contribution in [0.2, 0.25) is 0 Å². The van der Waals surface area contributed by atoms with Crippen molar-refractivity contribution in [1.82, 2.24) is 0 Å². The van der Waals surface area contributed by atoms with Gasteiger partial charge >= 0.3 is 5.97 Å². The maximum absolute atomic E-state index is 11.4. The quantitative estimate of drug-likeness (QED) is 0.876. The van der Waals surface area contributed by atoms with Gasteiger partial charge in [0.25, 0.3) is 0 Å². The number of hydrazone groups is 1. The third-order valence-electron chi connectivity index (χ3n) is 3.77. The van der Waals surface area contributed by atoms with Crippen molar-refractivity contribution in [3.8, 4) is 0 Å². The minimum absolute atomic E-state index is 0.0101. The molecule has 0 amide bonds. The molecule has 124 valence electrons. The predicted molar refractivity (Wildman–Crippen MR) is 89.2 cm³/mol. The Hall–Kier alpha value is -2.71. The number of carboxylic acid groups (broad SMARTS) is 1. The predicted octanol–water partition coefficient (Wildman–Crippen LogP) is 1.73. The summed E-state index contributed by atoms with van der Waals surface area (Å²) in [5, 5.41) is 20.1. The highest BCUT2D eigenvalue weighted by molar-refractivity contribution is 7.89. The van der Waals surface area contributed by atoms with Crippen molar-refractivity contribution in [1.29, 1.82) is 0 Å². The van der Waals surface area contributed by atoms with E-state index in [-0.39, 0.29) is 23.1 Å². The number of aliphatic carboxylic acids is 1. The average molecular weight is 345 g/mol. The molecule has 8 heteroatoms. The van der Waals surface area contributed by atoms with Gasteiger partial charge < -0.3 is 5.11 Å². The van der Waals surface area contributed by atoms with E-state index in [0.717, 1.165) is 5.56 Å². The van der Waals surface area contributed by atoms with Crippen molar-refractivity contribution in [3.63, 3.8) is 0 Å². The zero-order valence-corrected chi connectivity index (χ0v) is 13.3. The first kappa shape index (κ1) is 16.2. The molecule has 0 fully saturated rings. The van der Waals surface area contributed by atoms with Gasteiger partial charge in [-0.15, -0.1) is 0 Å². The number of anilines is 1. The second-order valence-corrected chi connectivity index (χ2v) is 6.93. The molecule has 0 aliphatic carbocycles. The maximum Gasteiger partial charge on any atom is 0.352 e. The van der Waals surface area contributed by atoms with Crippen LogP contribution in [0.5, 0.6) is 0 Å².